The van der Waals surface area contributed by atoms with Gasteiger partial charge in [0.1, 0.15) is 11.6 Å². The molecule has 0 saturated carbocycles. The molecule has 64 valence electrons. The molecule has 0 N–H and O–H groups in total. The molecule has 1 aromatic rings. The maximum atomic E-state index is 12.8. The van der Waals surface area contributed by atoms with Crippen LogP contribution in [-0.4, -0.2) is 5.24 Å². The molecule has 1 nitrogen and oxygen atoms in total. The van der Waals surface area contributed by atoms with Crippen LogP contribution in [0.1, 0.15) is 10.4 Å². The van der Waals surface area contributed by atoms with Crippen molar-refractivity contribution in [3.05, 3.63) is 33.8 Å². The van der Waals surface area contributed by atoms with Crippen molar-refractivity contribution >= 4 is 32.8 Å². The molecule has 0 atom stereocenters. The second-order valence-electron chi connectivity index (χ2n) is 1.99. The van der Waals surface area contributed by atoms with Gasteiger partial charge in [0.2, 0.25) is 0 Å². The number of hydrogen-bond acceptors (Lipinski definition) is 1. The molecule has 0 saturated heterocycles. The van der Waals surface area contributed by atoms with E-state index in [-0.39, 0.29) is 4.47 Å². The van der Waals surface area contributed by atoms with Gasteiger partial charge in [0.05, 0.1) is 10.0 Å². The molecule has 0 aromatic heterocycles. The Hall–Kier alpha value is -0.480. The number of carbonyl (C=O) groups is 1. The minimum Gasteiger partial charge on any atom is -0.275 e. The number of rotatable bonds is 1. The summed E-state index contributed by atoms with van der Waals surface area (Å²) in [4.78, 5) is 10.6. The van der Waals surface area contributed by atoms with Gasteiger partial charge in [-0.2, -0.15) is 0 Å². The molecular weight excluding hydrogens is 253 g/mol. The Labute approximate surface area is 80.5 Å². The van der Waals surface area contributed by atoms with Gasteiger partial charge in [0.25, 0.3) is 5.24 Å². The first-order valence-electron chi connectivity index (χ1n) is 2.87. The van der Waals surface area contributed by atoms with E-state index in [0.29, 0.717) is 0 Å². The van der Waals surface area contributed by atoms with E-state index in [4.69, 9.17) is 11.6 Å². The third kappa shape index (κ3) is 1.64. The summed E-state index contributed by atoms with van der Waals surface area (Å²) >= 11 is 7.72. The molecule has 0 heterocycles. The maximum absolute atomic E-state index is 12.8. The Kier molecular flexibility index (Phi) is 2.80. The average Bonchev–Trinajstić information content (AvgIpc) is 1.97. The van der Waals surface area contributed by atoms with E-state index in [1.54, 1.807) is 0 Å². The zero-order valence-electron chi connectivity index (χ0n) is 5.57. The minimum atomic E-state index is -1.03. The maximum Gasteiger partial charge on any atom is 0.256 e. The molecule has 12 heavy (non-hydrogen) atoms. The highest BCUT2D eigenvalue weighted by Crippen LogP contribution is 2.24. The smallest absolute Gasteiger partial charge is 0.256 e. The summed E-state index contributed by atoms with van der Waals surface area (Å²) in [5, 5.41) is -1.03. The molecule has 0 aliphatic heterocycles. The largest absolute Gasteiger partial charge is 0.275 e. The van der Waals surface area contributed by atoms with Crippen LogP contribution in [0.4, 0.5) is 8.78 Å². The Bertz CT molecular complexity index is 340. The van der Waals surface area contributed by atoms with Crippen LogP contribution in [0.15, 0.2) is 16.6 Å². The van der Waals surface area contributed by atoms with Crippen molar-refractivity contribution in [1.82, 2.24) is 0 Å². The summed E-state index contributed by atoms with van der Waals surface area (Å²) < 4.78 is 25.2. The van der Waals surface area contributed by atoms with E-state index in [0.717, 1.165) is 12.1 Å². The number of halogens is 4. The second kappa shape index (κ2) is 3.49. The van der Waals surface area contributed by atoms with E-state index >= 15 is 0 Å². The summed E-state index contributed by atoms with van der Waals surface area (Å²) in [7, 11) is 0. The highest BCUT2D eigenvalue weighted by atomic mass is 79.9. The first kappa shape index (κ1) is 9.61. The van der Waals surface area contributed by atoms with Crippen LogP contribution in [-0.2, 0) is 0 Å². The highest BCUT2D eigenvalue weighted by Gasteiger charge is 2.16. The molecule has 0 fully saturated rings. The van der Waals surface area contributed by atoms with Crippen LogP contribution < -0.4 is 0 Å². The molecule has 0 spiro atoms. The lowest BCUT2D eigenvalue weighted by Gasteiger charge is -2.00. The zero-order valence-corrected chi connectivity index (χ0v) is 7.92. The van der Waals surface area contributed by atoms with Crippen molar-refractivity contribution in [3.63, 3.8) is 0 Å². The summed E-state index contributed by atoms with van der Waals surface area (Å²) in [5.74, 6) is -1.57. The van der Waals surface area contributed by atoms with Gasteiger partial charge in [-0.25, -0.2) is 8.78 Å². The van der Waals surface area contributed by atoms with Crippen LogP contribution in [0.3, 0.4) is 0 Å². The van der Waals surface area contributed by atoms with Crippen molar-refractivity contribution in [2.45, 2.75) is 0 Å². The fourth-order valence-corrected chi connectivity index (χ4v) is 1.51. The first-order valence-corrected chi connectivity index (χ1v) is 4.04. The number of benzene rings is 1. The van der Waals surface area contributed by atoms with Crippen LogP contribution >= 0.6 is 27.5 Å². The third-order valence-corrected chi connectivity index (χ3v) is 2.20. The Morgan fingerprint density at radius 3 is 2.25 bits per heavy atom. The Morgan fingerprint density at radius 1 is 1.33 bits per heavy atom. The number of carbonyl (C=O) groups excluding carboxylic acids is 1. The van der Waals surface area contributed by atoms with Gasteiger partial charge in [-0.3, -0.25) is 4.79 Å². The lowest BCUT2D eigenvalue weighted by Crippen LogP contribution is -1.97. The van der Waals surface area contributed by atoms with E-state index in [1.165, 1.54) is 0 Å². The van der Waals surface area contributed by atoms with Gasteiger partial charge < -0.3 is 0 Å². The van der Waals surface area contributed by atoms with Gasteiger partial charge in [0.15, 0.2) is 0 Å². The minimum absolute atomic E-state index is 0.248. The fourth-order valence-electron chi connectivity index (χ4n) is 0.707. The topological polar surface area (TPSA) is 17.1 Å². The molecule has 0 unspecified atom stereocenters. The first-order chi connectivity index (χ1) is 5.54. The van der Waals surface area contributed by atoms with Gasteiger partial charge in [-0.1, -0.05) is 0 Å². The third-order valence-electron chi connectivity index (χ3n) is 1.24. The summed E-state index contributed by atoms with van der Waals surface area (Å²) in [6.45, 7) is 0. The number of hydrogen-bond donors (Lipinski definition) is 0. The summed E-state index contributed by atoms with van der Waals surface area (Å²) in [6, 6.07) is 1.75. The van der Waals surface area contributed by atoms with Crippen LogP contribution in [0.2, 0.25) is 0 Å². The summed E-state index contributed by atoms with van der Waals surface area (Å²) in [6.07, 6.45) is 0. The Balaban J connectivity index is 3.43. The van der Waals surface area contributed by atoms with Crippen molar-refractivity contribution < 1.29 is 13.6 Å². The molecule has 1 aromatic carbocycles. The second-order valence-corrected chi connectivity index (χ2v) is 3.13. The monoisotopic (exact) mass is 254 g/mol. The van der Waals surface area contributed by atoms with E-state index in [1.807, 2.05) is 0 Å². The molecule has 0 amide bonds. The molecule has 0 bridgehead atoms. The molecular formula is C7H2BrClF2O. The standard InChI is InChI=1S/C7H2BrClF2O/c8-6-4(11)2-1-3(10)5(6)7(9)12/h1-2H. The quantitative estimate of drug-likeness (QED) is 0.557. The van der Waals surface area contributed by atoms with Crippen LogP contribution in [0.25, 0.3) is 0 Å². The summed E-state index contributed by atoms with van der Waals surface area (Å²) in [5.41, 5.74) is -0.475. The lowest BCUT2D eigenvalue weighted by atomic mass is 10.2. The highest BCUT2D eigenvalue weighted by molar-refractivity contribution is 9.10. The van der Waals surface area contributed by atoms with Gasteiger partial charge >= 0.3 is 0 Å². The van der Waals surface area contributed by atoms with Gasteiger partial charge in [-0.15, -0.1) is 0 Å². The molecule has 1 rings (SSSR count). The molecule has 0 aliphatic rings. The average molecular weight is 255 g/mol. The van der Waals surface area contributed by atoms with Crippen molar-refractivity contribution in [3.8, 4) is 0 Å². The van der Waals surface area contributed by atoms with E-state index in [2.05, 4.69) is 15.9 Å². The van der Waals surface area contributed by atoms with Crippen LogP contribution in [0.5, 0.6) is 0 Å². The zero-order chi connectivity index (χ0) is 9.30. The molecule has 0 aliphatic carbocycles. The van der Waals surface area contributed by atoms with E-state index < -0.39 is 22.4 Å². The Morgan fingerprint density at radius 2 is 1.83 bits per heavy atom. The SMILES string of the molecule is O=C(Cl)c1c(F)ccc(F)c1Br. The molecule has 0 radical (unpaired) electrons. The normalized spacial score (nSPS) is 10.0. The molecule has 5 heteroatoms. The van der Waals surface area contributed by atoms with Gasteiger partial charge in [-0.05, 0) is 39.7 Å². The predicted octanol–water partition coefficient (Wildman–Crippen LogP) is 3.11. The van der Waals surface area contributed by atoms with Crippen molar-refractivity contribution in [2.24, 2.45) is 0 Å². The van der Waals surface area contributed by atoms with Crippen LogP contribution in [0, 0.1) is 11.6 Å². The van der Waals surface area contributed by atoms with Crippen molar-refractivity contribution in [1.29, 1.82) is 0 Å². The van der Waals surface area contributed by atoms with Gasteiger partial charge in [0, 0.05) is 0 Å². The van der Waals surface area contributed by atoms with E-state index in [9.17, 15) is 13.6 Å². The fraction of sp³-hybridized carbons (Fsp3) is 0. The lowest BCUT2D eigenvalue weighted by molar-refractivity contribution is 0.107. The van der Waals surface area contributed by atoms with Crippen molar-refractivity contribution in [2.75, 3.05) is 0 Å². The predicted molar refractivity (Wildman–Crippen MR) is 44.2 cm³/mol.